The minimum Gasteiger partial charge on any atom is -0.491 e. The monoisotopic (exact) mass is 411 g/mol. The van der Waals surface area contributed by atoms with Crippen molar-refractivity contribution < 1.29 is 22.7 Å². The molecule has 1 atom stereocenters. The predicted octanol–water partition coefficient (Wildman–Crippen LogP) is 5.80. The van der Waals surface area contributed by atoms with E-state index in [2.05, 4.69) is 0 Å². The normalized spacial score (nSPS) is 16.6. The Bertz CT molecular complexity index is 1050. The number of alkyl halides is 3. The highest BCUT2D eigenvalue weighted by Gasteiger charge is 2.31. The van der Waals surface area contributed by atoms with Gasteiger partial charge in [0.05, 0.1) is 17.2 Å². The third kappa shape index (κ3) is 4.03. The zero-order valence-corrected chi connectivity index (χ0v) is 16.3. The van der Waals surface area contributed by atoms with Crippen LogP contribution in [0.25, 0.3) is 11.1 Å². The first-order chi connectivity index (χ1) is 14.3. The van der Waals surface area contributed by atoms with Crippen LogP contribution in [0.4, 0.5) is 13.2 Å². The number of benzene rings is 3. The van der Waals surface area contributed by atoms with Gasteiger partial charge in [0.15, 0.2) is 0 Å². The molecule has 0 bridgehead atoms. The number of carbonyl (C=O) groups excluding carboxylic acids is 1. The van der Waals surface area contributed by atoms with Gasteiger partial charge in [-0.05, 0) is 47.9 Å². The average Bonchev–Trinajstić information content (AvgIpc) is 2.86. The van der Waals surface area contributed by atoms with Crippen LogP contribution in [0.2, 0.25) is 0 Å². The van der Waals surface area contributed by atoms with E-state index >= 15 is 0 Å². The first-order valence-electron chi connectivity index (χ1n) is 9.62. The maximum absolute atomic E-state index is 13.3. The van der Waals surface area contributed by atoms with E-state index in [1.54, 1.807) is 23.1 Å². The lowest BCUT2D eigenvalue weighted by molar-refractivity contribution is -0.137. The van der Waals surface area contributed by atoms with Crippen LogP contribution in [0.5, 0.6) is 5.75 Å². The number of carbonyl (C=O) groups is 1. The van der Waals surface area contributed by atoms with Crippen LogP contribution in [0.1, 0.15) is 28.4 Å². The minimum absolute atomic E-state index is 0.125. The fourth-order valence-electron chi connectivity index (χ4n) is 3.52. The smallest absolute Gasteiger partial charge is 0.416 e. The molecule has 1 aliphatic rings. The topological polar surface area (TPSA) is 29.5 Å². The van der Waals surface area contributed by atoms with E-state index in [4.69, 9.17) is 4.74 Å². The van der Waals surface area contributed by atoms with Gasteiger partial charge < -0.3 is 9.64 Å². The SMILES string of the molecule is C[C@H]1COc2ccc(-c3ccc(C(F)(F)F)cc3)cc2C(=O)N1Cc1ccccc1. The molecule has 0 saturated carbocycles. The molecule has 4 rings (SSSR count). The van der Waals surface area contributed by atoms with Gasteiger partial charge in [-0.1, -0.05) is 48.5 Å². The van der Waals surface area contributed by atoms with Crippen LogP contribution in [0.15, 0.2) is 72.8 Å². The Balaban J connectivity index is 1.66. The molecule has 1 heterocycles. The largest absolute Gasteiger partial charge is 0.491 e. The summed E-state index contributed by atoms with van der Waals surface area (Å²) >= 11 is 0. The summed E-state index contributed by atoms with van der Waals surface area (Å²) in [6.45, 7) is 2.75. The Hall–Kier alpha value is -3.28. The molecule has 0 unspecified atom stereocenters. The number of hydrogen-bond acceptors (Lipinski definition) is 2. The number of hydrogen-bond donors (Lipinski definition) is 0. The molecule has 0 aliphatic carbocycles. The predicted molar refractivity (Wildman–Crippen MR) is 108 cm³/mol. The number of fused-ring (bicyclic) bond motifs is 1. The first kappa shape index (κ1) is 20.0. The second-order valence-corrected chi connectivity index (χ2v) is 7.36. The number of amides is 1. The van der Waals surface area contributed by atoms with Gasteiger partial charge in [0, 0.05) is 6.54 Å². The molecule has 3 aromatic rings. The summed E-state index contributed by atoms with van der Waals surface area (Å²) in [4.78, 5) is 15.1. The van der Waals surface area contributed by atoms with Crippen LogP contribution in [-0.4, -0.2) is 23.5 Å². The second-order valence-electron chi connectivity index (χ2n) is 7.36. The van der Waals surface area contributed by atoms with Crippen molar-refractivity contribution in [2.24, 2.45) is 0 Å². The Labute approximate surface area is 172 Å². The number of nitrogens with zero attached hydrogens (tertiary/aromatic N) is 1. The second kappa shape index (κ2) is 7.86. The average molecular weight is 411 g/mol. The van der Waals surface area contributed by atoms with Crippen LogP contribution in [0, 0.1) is 0 Å². The van der Waals surface area contributed by atoms with E-state index in [-0.39, 0.29) is 11.9 Å². The molecule has 3 nitrogen and oxygen atoms in total. The van der Waals surface area contributed by atoms with Crippen LogP contribution >= 0.6 is 0 Å². The van der Waals surface area contributed by atoms with E-state index in [1.807, 2.05) is 37.3 Å². The molecule has 1 aliphatic heterocycles. The van der Waals surface area contributed by atoms with E-state index in [0.29, 0.717) is 35.6 Å². The van der Waals surface area contributed by atoms with Gasteiger partial charge in [0.25, 0.3) is 5.91 Å². The summed E-state index contributed by atoms with van der Waals surface area (Å²) < 4.78 is 44.3. The molecule has 0 radical (unpaired) electrons. The molecule has 6 heteroatoms. The lowest BCUT2D eigenvalue weighted by Gasteiger charge is -2.26. The van der Waals surface area contributed by atoms with Gasteiger partial charge in [0.1, 0.15) is 12.4 Å². The number of ether oxygens (including phenoxy) is 1. The van der Waals surface area contributed by atoms with Gasteiger partial charge in [-0.25, -0.2) is 0 Å². The lowest BCUT2D eigenvalue weighted by Crippen LogP contribution is -2.39. The van der Waals surface area contributed by atoms with Crippen molar-refractivity contribution in [3.05, 3.63) is 89.5 Å². The lowest BCUT2D eigenvalue weighted by atomic mass is 10.00. The Morgan fingerprint density at radius 2 is 1.63 bits per heavy atom. The number of rotatable bonds is 3. The third-order valence-electron chi connectivity index (χ3n) is 5.22. The molecule has 0 N–H and O–H groups in total. The third-order valence-corrected chi connectivity index (χ3v) is 5.22. The van der Waals surface area contributed by atoms with Crippen molar-refractivity contribution in [3.8, 4) is 16.9 Å². The molecule has 30 heavy (non-hydrogen) atoms. The highest BCUT2D eigenvalue weighted by Crippen LogP contribution is 2.33. The van der Waals surface area contributed by atoms with Crippen molar-refractivity contribution in [2.45, 2.75) is 25.7 Å². The Morgan fingerprint density at radius 3 is 2.30 bits per heavy atom. The fraction of sp³-hybridized carbons (Fsp3) is 0.208. The van der Waals surface area contributed by atoms with E-state index in [9.17, 15) is 18.0 Å². The fourth-order valence-corrected chi connectivity index (χ4v) is 3.52. The Kier molecular flexibility index (Phi) is 5.24. The summed E-state index contributed by atoms with van der Waals surface area (Å²) in [6.07, 6.45) is -4.38. The molecular formula is C24H20F3NO2. The molecular weight excluding hydrogens is 391 g/mol. The summed E-state index contributed by atoms with van der Waals surface area (Å²) in [5.41, 5.74) is 1.98. The summed E-state index contributed by atoms with van der Waals surface area (Å²) in [7, 11) is 0. The van der Waals surface area contributed by atoms with E-state index in [0.717, 1.165) is 17.7 Å². The van der Waals surface area contributed by atoms with Crippen LogP contribution in [-0.2, 0) is 12.7 Å². The van der Waals surface area contributed by atoms with Crippen molar-refractivity contribution in [2.75, 3.05) is 6.61 Å². The van der Waals surface area contributed by atoms with Crippen LogP contribution in [0.3, 0.4) is 0 Å². The highest BCUT2D eigenvalue weighted by atomic mass is 19.4. The molecule has 0 saturated heterocycles. The summed E-state index contributed by atoms with van der Waals surface area (Å²) in [5, 5.41) is 0. The molecule has 0 spiro atoms. The molecule has 1 amide bonds. The highest BCUT2D eigenvalue weighted by molar-refractivity contribution is 5.98. The van der Waals surface area contributed by atoms with Gasteiger partial charge in [-0.2, -0.15) is 13.2 Å². The summed E-state index contributed by atoms with van der Waals surface area (Å²) in [5.74, 6) is 0.325. The minimum atomic E-state index is -4.38. The molecule has 0 aromatic heterocycles. The van der Waals surface area contributed by atoms with Gasteiger partial charge >= 0.3 is 6.18 Å². The van der Waals surface area contributed by atoms with Crippen molar-refractivity contribution >= 4 is 5.91 Å². The van der Waals surface area contributed by atoms with Gasteiger partial charge in [-0.3, -0.25) is 4.79 Å². The maximum atomic E-state index is 13.3. The zero-order valence-electron chi connectivity index (χ0n) is 16.3. The van der Waals surface area contributed by atoms with Crippen LogP contribution < -0.4 is 4.74 Å². The first-order valence-corrected chi connectivity index (χ1v) is 9.62. The van der Waals surface area contributed by atoms with Crippen molar-refractivity contribution in [1.29, 1.82) is 0 Å². The van der Waals surface area contributed by atoms with Crippen molar-refractivity contribution in [1.82, 2.24) is 4.90 Å². The molecule has 3 aromatic carbocycles. The van der Waals surface area contributed by atoms with E-state index < -0.39 is 11.7 Å². The maximum Gasteiger partial charge on any atom is 0.416 e. The van der Waals surface area contributed by atoms with E-state index in [1.165, 1.54) is 12.1 Å². The zero-order chi connectivity index (χ0) is 21.3. The van der Waals surface area contributed by atoms with Gasteiger partial charge in [-0.15, -0.1) is 0 Å². The number of halogens is 3. The quantitative estimate of drug-likeness (QED) is 0.546. The standard InChI is InChI=1S/C24H20F3NO2/c1-16-15-30-22-12-9-19(18-7-10-20(11-8-18)24(25,26)27)13-21(22)23(29)28(16)14-17-5-3-2-4-6-17/h2-13,16H,14-15H2,1H3/t16-/m0/s1. The molecule has 154 valence electrons. The molecule has 0 fully saturated rings. The van der Waals surface area contributed by atoms with Gasteiger partial charge in [0.2, 0.25) is 0 Å². The van der Waals surface area contributed by atoms with Crippen molar-refractivity contribution in [3.63, 3.8) is 0 Å². The Morgan fingerprint density at radius 1 is 0.967 bits per heavy atom. The summed E-state index contributed by atoms with van der Waals surface area (Å²) in [6, 6.07) is 19.6.